The molecule has 2 aromatic rings. The van der Waals surface area contributed by atoms with Crippen molar-refractivity contribution in [3.8, 4) is 0 Å². The van der Waals surface area contributed by atoms with E-state index in [1.807, 2.05) is 0 Å². The molecule has 94 valence electrons. The first-order chi connectivity index (χ1) is 8.74. The third-order valence-electron chi connectivity index (χ3n) is 3.70. The van der Waals surface area contributed by atoms with Crippen molar-refractivity contribution in [2.24, 2.45) is 7.05 Å². The Bertz CT molecular complexity index is 552. The molecule has 0 atom stereocenters. The molecule has 0 spiro atoms. The first-order valence-electron chi connectivity index (χ1n) is 6.53. The van der Waals surface area contributed by atoms with Crippen molar-refractivity contribution < 1.29 is 0 Å². The molecule has 1 aliphatic rings. The van der Waals surface area contributed by atoms with E-state index in [9.17, 15) is 0 Å². The number of nitrogens with zero attached hydrogens (tertiary/aromatic N) is 2. The highest BCUT2D eigenvalue weighted by atomic mass is 15.1. The van der Waals surface area contributed by atoms with Gasteiger partial charge in [0.2, 0.25) is 0 Å². The molecule has 18 heavy (non-hydrogen) atoms. The smallest absolute Gasteiger partial charge is 0.113 e. The first kappa shape index (κ1) is 11.5. The molecule has 3 heteroatoms. The zero-order valence-electron chi connectivity index (χ0n) is 11.0. The molecule has 1 N–H and O–H groups in total. The topological polar surface area (TPSA) is 29.9 Å². The fourth-order valence-corrected chi connectivity index (χ4v) is 2.56. The summed E-state index contributed by atoms with van der Waals surface area (Å²) in [7, 11) is 2.14. The SMILES string of the molecule is Cc1ccc(Cc2nc3c(n2C)CCNC3)cc1. The molecule has 0 unspecified atom stereocenters. The number of imidazole rings is 1. The predicted molar refractivity (Wildman–Crippen MR) is 72.6 cm³/mol. The van der Waals surface area contributed by atoms with Gasteiger partial charge in [-0.2, -0.15) is 0 Å². The maximum atomic E-state index is 4.77. The average molecular weight is 241 g/mol. The van der Waals surface area contributed by atoms with E-state index < -0.39 is 0 Å². The number of rotatable bonds is 2. The Morgan fingerprint density at radius 3 is 2.78 bits per heavy atom. The van der Waals surface area contributed by atoms with Gasteiger partial charge in [0, 0.05) is 38.7 Å². The van der Waals surface area contributed by atoms with Crippen LogP contribution in [0.5, 0.6) is 0 Å². The molecule has 0 amide bonds. The van der Waals surface area contributed by atoms with Gasteiger partial charge in [-0.1, -0.05) is 29.8 Å². The summed E-state index contributed by atoms with van der Waals surface area (Å²) in [6.45, 7) is 4.10. The number of aromatic nitrogens is 2. The second kappa shape index (κ2) is 4.58. The molecular weight excluding hydrogens is 222 g/mol. The largest absolute Gasteiger partial charge is 0.334 e. The van der Waals surface area contributed by atoms with Crippen molar-refractivity contribution in [2.45, 2.75) is 26.3 Å². The molecule has 1 aromatic carbocycles. The quantitative estimate of drug-likeness (QED) is 0.871. The highest BCUT2D eigenvalue weighted by molar-refractivity contribution is 5.27. The van der Waals surface area contributed by atoms with Gasteiger partial charge in [-0.3, -0.25) is 0 Å². The zero-order chi connectivity index (χ0) is 12.5. The van der Waals surface area contributed by atoms with Crippen molar-refractivity contribution in [2.75, 3.05) is 6.54 Å². The van der Waals surface area contributed by atoms with Gasteiger partial charge in [0.25, 0.3) is 0 Å². The Morgan fingerprint density at radius 2 is 2.06 bits per heavy atom. The van der Waals surface area contributed by atoms with E-state index in [1.165, 1.54) is 28.3 Å². The van der Waals surface area contributed by atoms with Crippen molar-refractivity contribution in [1.82, 2.24) is 14.9 Å². The van der Waals surface area contributed by atoms with Crippen molar-refractivity contribution in [3.63, 3.8) is 0 Å². The molecule has 2 heterocycles. The molecule has 0 fully saturated rings. The summed E-state index contributed by atoms with van der Waals surface area (Å²) in [6.07, 6.45) is 2.01. The number of hydrogen-bond acceptors (Lipinski definition) is 2. The summed E-state index contributed by atoms with van der Waals surface area (Å²) in [5.74, 6) is 1.17. The average Bonchev–Trinajstić information content (AvgIpc) is 2.70. The maximum Gasteiger partial charge on any atom is 0.113 e. The Labute approximate surface area is 108 Å². The van der Waals surface area contributed by atoms with Crippen LogP contribution in [-0.2, 0) is 26.4 Å². The van der Waals surface area contributed by atoms with E-state index in [-0.39, 0.29) is 0 Å². The molecule has 0 aliphatic carbocycles. The van der Waals surface area contributed by atoms with Crippen LogP contribution in [0, 0.1) is 6.92 Å². The lowest BCUT2D eigenvalue weighted by Gasteiger charge is -2.13. The highest BCUT2D eigenvalue weighted by Crippen LogP contribution is 2.17. The number of nitrogens with one attached hydrogen (secondary N) is 1. The van der Waals surface area contributed by atoms with Crippen LogP contribution < -0.4 is 5.32 Å². The van der Waals surface area contributed by atoms with E-state index >= 15 is 0 Å². The third kappa shape index (κ3) is 2.06. The Hall–Kier alpha value is -1.61. The zero-order valence-corrected chi connectivity index (χ0v) is 11.0. The number of benzene rings is 1. The van der Waals surface area contributed by atoms with Crippen molar-refractivity contribution >= 4 is 0 Å². The van der Waals surface area contributed by atoms with Gasteiger partial charge in [-0.25, -0.2) is 4.98 Å². The van der Waals surface area contributed by atoms with Crippen LogP contribution in [0.25, 0.3) is 0 Å². The van der Waals surface area contributed by atoms with E-state index in [2.05, 4.69) is 48.1 Å². The van der Waals surface area contributed by atoms with Gasteiger partial charge in [-0.15, -0.1) is 0 Å². The summed E-state index contributed by atoms with van der Waals surface area (Å²) in [5, 5.41) is 3.38. The standard InChI is InChI=1S/C15H19N3/c1-11-3-5-12(6-4-11)9-15-17-13-10-16-8-7-14(13)18(15)2/h3-6,16H,7-10H2,1-2H3. The Morgan fingerprint density at radius 1 is 1.28 bits per heavy atom. The van der Waals surface area contributed by atoms with Crippen LogP contribution in [0.4, 0.5) is 0 Å². The van der Waals surface area contributed by atoms with Gasteiger partial charge in [-0.05, 0) is 12.5 Å². The Kier molecular flexibility index (Phi) is 2.92. The first-order valence-corrected chi connectivity index (χ1v) is 6.53. The van der Waals surface area contributed by atoms with Crippen LogP contribution in [0.2, 0.25) is 0 Å². The minimum Gasteiger partial charge on any atom is -0.334 e. The van der Waals surface area contributed by atoms with Crippen LogP contribution in [0.3, 0.4) is 0 Å². The molecule has 0 bridgehead atoms. The lowest BCUT2D eigenvalue weighted by molar-refractivity contribution is 0.610. The van der Waals surface area contributed by atoms with Gasteiger partial charge in [0.15, 0.2) is 0 Å². The summed E-state index contributed by atoms with van der Waals surface area (Å²) in [5.41, 5.74) is 5.27. The van der Waals surface area contributed by atoms with Crippen LogP contribution in [0.1, 0.15) is 28.3 Å². The minimum atomic E-state index is 0.914. The third-order valence-corrected chi connectivity index (χ3v) is 3.70. The lowest BCUT2D eigenvalue weighted by Crippen LogP contribution is -2.24. The highest BCUT2D eigenvalue weighted by Gasteiger charge is 2.17. The second-order valence-electron chi connectivity index (χ2n) is 5.07. The van der Waals surface area contributed by atoms with Gasteiger partial charge in [0.1, 0.15) is 5.82 Å². The van der Waals surface area contributed by atoms with Crippen molar-refractivity contribution in [1.29, 1.82) is 0 Å². The molecular formula is C15H19N3. The van der Waals surface area contributed by atoms with Gasteiger partial charge >= 0.3 is 0 Å². The minimum absolute atomic E-state index is 0.914. The number of hydrogen-bond donors (Lipinski definition) is 1. The molecule has 3 rings (SSSR count). The molecule has 3 nitrogen and oxygen atoms in total. The number of aryl methyl sites for hydroxylation is 1. The van der Waals surface area contributed by atoms with Gasteiger partial charge in [0.05, 0.1) is 5.69 Å². The summed E-state index contributed by atoms with van der Waals surface area (Å²) in [4.78, 5) is 4.77. The summed E-state index contributed by atoms with van der Waals surface area (Å²) >= 11 is 0. The predicted octanol–water partition coefficient (Wildman–Crippen LogP) is 1.97. The second-order valence-corrected chi connectivity index (χ2v) is 5.07. The fraction of sp³-hybridized carbons (Fsp3) is 0.400. The summed E-state index contributed by atoms with van der Waals surface area (Å²) < 4.78 is 2.27. The van der Waals surface area contributed by atoms with Crippen LogP contribution in [-0.4, -0.2) is 16.1 Å². The lowest BCUT2D eigenvalue weighted by atomic mass is 10.1. The van der Waals surface area contributed by atoms with E-state index in [0.29, 0.717) is 0 Å². The Balaban J connectivity index is 1.88. The van der Waals surface area contributed by atoms with E-state index in [4.69, 9.17) is 4.98 Å². The number of fused-ring (bicyclic) bond motifs is 1. The molecule has 0 saturated heterocycles. The maximum absolute atomic E-state index is 4.77. The van der Waals surface area contributed by atoms with Gasteiger partial charge < -0.3 is 9.88 Å². The molecule has 1 aliphatic heterocycles. The summed E-state index contributed by atoms with van der Waals surface area (Å²) in [6, 6.07) is 8.72. The molecule has 1 aromatic heterocycles. The van der Waals surface area contributed by atoms with Crippen LogP contribution >= 0.6 is 0 Å². The monoisotopic (exact) mass is 241 g/mol. The molecule has 0 saturated carbocycles. The fourth-order valence-electron chi connectivity index (χ4n) is 2.56. The molecule has 0 radical (unpaired) electrons. The normalized spacial score (nSPS) is 14.6. The van der Waals surface area contributed by atoms with Crippen molar-refractivity contribution in [3.05, 3.63) is 52.6 Å². The van der Waals surface area contributed by atoms with Crippen LogP contribution in [0.15, 0.2) is 24.3 Å². The van der Waals surface area contributed by atoms with E-state index in [1.54, 1.807) is 0 Å². The van der Waals surface area contributed by atoms with E-state index in [0.717, 1.165) is 25.9 Å².